The summed E-state index contributed by atoms with van der Waals surface area (Å²) in [7, 11) is 0. The molecule has 0 saturated carbocycles. The van der Waals surface area contributed by atoms with Gasteiger partial charge in [0.15, 0.2) is 4.77 Å². The van der Waals surface area contributed by atoms with Gasteiger partial charge in [-0.2, -0.15) is 0 Å². The number of aromatic nitrogens is 3. The first kappa shape index (κ1) is 15.4. The molecule has 1 atom stereocenters. The molecule has 1 N–H and O–H groups in total. The van der Waals surface area contributed by atoms with Crippen LogP contribution in [0.25, 0.3) is 11.0 Å². The number of hydrogen-bond acceptors (Lipinski definition) is 4. The van der Waals surface area contributed by atoms with Crippen LogP contribution in [0.1, 0.15) is 32.6 Å². The van der Waals surface area contributed by atoms with Crippen LogP contribution < -0.4 is 5.56 Å². The summed E-state index contributed by atoms with van der Waals surface area (Å²) in [6.45, 7) is 5.14. The SMILES string of the molecule is C[C@@H]1CCCCN1CCCn1c(=S)[nH]c2ncccc2c1=O. The lowest BCUT2D eigenvalue weighted by atomic mass is 10.0. The van der Waals surface area contributed by atoms with Crippen molar-refractivity contribution in [1.29, 1.82) is 0 Å². The van der Waals surface area contributed by atoms with Crippen LogP contribution >= 0.6 is 12.2 Å². The second kappa shape index (κ2) is 6.71. The van der Waals surface area contributed by atoms with Gasteiger partial charge in [0.05, 0.1) is 5.39 Å². The third-order valence-corrected chi connectivity index (χ3v) is 4.84. The van der Waals surface area contributed by atoms with Gasteiger partial charge in [-0.15, -0.1) is 0 Å². The maximum Gasteiger partial charge on any atom is 0.263 e. The van der Waals surface area contributed by atoms with E-state index in [1.165, 1.54) is 25.8 Å². The highest BCUT2D eigenvalue weighted by Crippen LogP contribution is 2.16. The number of likely N-dealkylation sites (tertiary alicyclic amines) is 1. The van der Waals surface area contributed by atoms with Crippen LogP contribution in [-0.2, 0) is 6.54 Å². The highest BCUT2D eigenvalue weighted by molar-refractivity contribution is 7.71. The van der Waals surface area contributed by atoms with Crippen molar-refractivity contribution in [2.75, 3.05) is 13.1 Å². The Morgan fingerprint density at radius 2 is 2.27 bits per heavy atom. The van der Waals surface area contributed by atoms with Crippen LogP contribution in [0.2, 0.25) is 0 Å². The van der Waals surface area contributed by atoms with Crippen molar-refractivity contribution in [3.63, 3.8) is 0 Å². The van der Waals surface area contributed by atoms with Crippen LogP contribution in [0.15, 0.2) is 23.1 Å². The van der Waals surface area contributed by atoms with E-state index in [-0.39, 0.29) is 5.56 Å². The van der Waals surface area contributed by atoms with Crippen LogP contribution in [0.4, 0.5) is 0 Å². The predicted octanol–water partition coefficient (Wildman–Crippen LogP) is 2.72. The Labute approximate surface area is 135 Å². The van der Waals surface area contributed by atoms with E-state index in [0.717, 1.165) is 13.0 Å². The van der Waals surface area contributed by atoms with Crippen molar-refractivity contribution in [3.05, 3.63) is 33.5 Å². The zero-order valence-electron chi connectivity index (χ0n) is 12.9. The van der Waals surface area contributed by atoms with Crippen LogP contribution in [0, 0.1) is 4.77 Å². The lowest BCUT2D eigenvalue weighted by Gasteiger charge is -2.33. The van der Waals surface area contributed by atoms with Crippen molar-refractivity contribution in [3.8, 4) is 0 Å². The molecule has 6 heteroatoms. The van der Waals surface area contributed by atoms with Gasteiger partial charge in [0, 0.05) is 25.3 Å². The van der Waals surface area contributed by atoms with E-state index in [2.05, 4.69) is 21.8 Å². The van der Waals surface area contributed by atoms with Crippen molar-refractivity contribution in [2.24, 2.45) is 0 Å². The lowest BCUT2D eigenvalue weighted by Crippen LogP contribution is -2.38. The number of nitrogens with one attached hydrogen (secondary N) is 1. The van der Waals surface area contributed by atoms with Gasteiger partial charge in [0.2, 0.25) is 0 Å². The summed E-state index contributed by atoms with van der Waals surface area (Å²) < 4.78 is 2.12. The van der Waals surface area contributed by atoms with Crippen LogP contribution in [-0.4, -0.2) is 38.6 Å². The quantitative estimate of drug-likeness (QED) is 0.881. The number of hydrogen-bond donors (Lipinski definition) is 1. The second-order valence-electron chi connectivity index (χ2n) is 6.02. The summed E-state index contributed by atoms with van der Waals surface area (Å²) in [5.74, 6) is 0. The van der Waals surface area contributed by atoms with Crippen molar-refractivity contribution in [2.45, 2.75) is 45.2 Å². The van der Waals surface area contributed by atoms with E-state index in [4.69, 9.17) is 12.2 Å². The number of fused-ring (bicyclic) bond motifs is 1. The number of aromatic amines is 1. The number of H-pyrrole nitrogens is 1. The molecule has 0 radical (unpaired) electrons. The third-order valence-electron chi connectivity index (χ3n) is 4.52. The average molecular weight is 318 g/mol. The standard InChI is InChI=1S/C16H22N4OS/c1-12-6-2-3-9-19(12)10-5-11-20-15(21)13-7-4-8-17-14(13)18-16(20)22/h4,7-8,12H,2-3,5-6,9-11H2,1H3,(H,17,18,22)/t12-/m1/s1. The van der Waals surface area contributed by atoms with Crippen molar-refractivity contribution >= 4 is 23.3 Å². The molecule has 0 aromatic carbocycles. The Morgan fingerprint density at radius 1 is 1.41 bits per heavy atom. The van der Waals surface area contributed by atoms with E-state index in [9.17, 15) is 4.79 Å². The van der Waals surface area contributed by atoms with Gasteiger partial charge < -0.3 is 9.88 Å². The summed E-state index contributed by atoms with van der Waals surface area (Å²) in [6, 6.07) is 4.22. The topological polar surface area (TPSA) is 53.9 Å². The zero-order valence-corrected chi connectivity index (χ0v) is 13.7. The fourth-order valence-electron chi connectivity index (χ4n) is 3.21. The average Bonchev–Trinajstić information content (AvgIpc) is 2.52. The largest absolute Gasteiger partial charge is 0.316 e. The molecule has 3 heterocycles. The van der Waals surface area contributed by atoms with Crippen LogP contribution in [0.5, 0.6) is 0 Å². The Kier molecular flexibility index (Phi) is 4.69. The minimum absolute atomic E-state index is 0.0430. The lowest BCUT2D eigenvalue weighted by molar-refractivity contribution is 0.156. The van der Waals surface area contributed by atoms with Gasteiger partial charge in [-0.25, -0.2) is 4.98 Å². The summed E-state index contributed by atoms with van der Waals surface area (Å²) in [5.41, 5.74) is 0.525. The van der Waals surface area contributed by atoms with Crippen molar-refractivity contribution < 1.29 is 0 Å². The molecule has 0 spiro atoms. The first-order chi connectivity index (χ1) is 10.7. The first-order valence-electron chi connectivity index (χ1n) is 7.99. The zero-order chi connectivity index (χ0) is 15.5. The number of piperidine rings is 1. The third kappa shape index (κ3) is 3.13. The molecule has 22 heavy (non-hydrogen) atoms. The first-order valence-corrected chi connectivity index (χ1v) is 8.39. The maximum absolute atomic E-state index is 12.5. The fraction of sp³-hybridized carbons (Fsp3) is 0.562. The van der Waals surface area contributed by atoms with E-state index in [1.807, 2.05) is 0 Å². The highest BCUT2D eigenvalue weighted by Gasteiger charge is 2.17. The Bertz CT molecular complexity index is 767. The summed E-state index contributed by atoms with van der Waals surface area (Å²) in [6.07, 6.45) is 6.50. The molecule has 1 aliphatic rings. The molecule has 2 aromatic heterocycles. The number of pyridine rings is 1. The summed E-state index contributed by atoms with van der Waals surface area (Å²) >= 11 is 5.31. The van der Waals surface area contributed by atoms with Crippen molar-refractivity contribution in [1.82, 2.24) is 19.4 Å². The van der Waals surface area contributed by atoms with E-state index in [0.29, 0.717) is 28.4 Å². The van der Waals surface area contributed by atoms with E-state index >= 15 is 0 Å². The molecule has 0 unspecified atom stereocenters. The number of rotatable bonds is 4. The minimum atomic E-state index is -0.0430. The molecule has 118 valence electrons. The molecule has 3 rings (SSSR count). The molecule has 0 bridgehead atoms. The molecular weight excluding hydrogens is 296 g/mol. The predicted molar refractivity (Wildman–Crippen MR) is 90.7 cm³/mol. The molecule has 1 saturated heterocycles. The molecule has 2 aromatic rings. The summed E-state index contributed by atoms with van der Waals surface area (Å²) in [4.78, 5) is 22.2. The molecule has 5 nitrogen and oxygen atoms in total. The van der Waals surface area contributed by atoms with Gasteiger partial charge >= 0.3 is 0 Å². The number of nitrogens with zero attached hydrogens (tertiary/aromatic N) is 3. The monoisotopic (exact) mass is 318 g/mol. The fourth-order valence-corrected chi connectivity index (χ4v) is 3.48. The molecule has 0 aliphatic carbocycles. The Morgan fingerprint density at radius 3 is 3.09 bits per heavy atom. The van der Waals surface area contributed by atoms with E-state index in [1.54, 1.807) is 22.9 Å². The van der Waals surface area contributed by atoms with Gasteiger partial charge in [0.25, 0.3) is 5.56 Å². The molecular formula is C16H22N4OS. The Hall–Kier alpha value is -1.53. The highest BCUT2D eigenvalue weighted by atomic mass is 32.1. The van der Waals surface area contributed by atoms with Crippen LogP contribution in [0.3, 0.4) is 0 Å². The van der Waals surface area contributed by atoms with Gasteiger partial charge in [0.1, 0.15) is 5.65 Å². The van der Waals surface area contributed by atoms with Gasteiger partial charge in [-0.3, -0.25) is 9.36 Å². The maximum atomic E-state index is 12.5. The molecule has 0 amide bonds. The molecule has 1 fully saturated rings. The normalized spacial score (nSPS) is 19.6. The second-order valence-corrected chi connectivity index (χ2v) is 6.41. The van der Waals surface area contributed by atoms with Gasteiger partial charge in [-0.05, 0) is 57.1 Å². The minimum Gasteiger partial charge on any atom is -0.316 e. The molecule has 1 aliphatic heterocycles. The van der Waals surface area contributed by atoms with Gasteiger partial charge in [-0.1, -0.05) is 6.42 Å². The summed E-state index contributed by atoms with van der Waals surface area (Å²) in [5, 5.41) is 0.599. The van der Waals surface area contributed by atoms with E-state index < -0.39 is 0 Å². The Balaban J connectivity index is 1.74. The smallest absolute Gasteiger partial charge is 0.263 e.